The van der Waals surface area contributed by atoms with Gasteiger partial charge in [0, 0.05) is 33.1 Å². The Hall–Kier alpha value is -4.68. The Bertz CT molecular complexity index is 1640. The molecule has 0 saturated heterocycles. The molecule has 3 aromatic rings. The van der Waals surface area contributed by atoms with Gasteiger partial charge in [0.05, 0.1) is 13.1 Å². The van der Waals surface area contributed by atoms with Gasteiger partial charge in [0.15, 0.2) is 30.0 Å². The Morgan fingerprint density at radius 2 is 1.43 bits per heavy atom. The predicted octanol–water partition coefficient (Wildman–Crippen LogP) is 1.44. The first-order valence-electron chi connectivity index (χ1n) is 15.1. The molecule has 15 nitrogen and oxygen atoms in total. The molecule has 3 aliphatic heterocycles. The van der Waals surface area contributed by atoms with Gasteiger partial charge < -0.3 is 31.9 Å². The highest BCUT2D eigenvalue weighted by molar-refractivity contribution is 7.08. The van der Waals surface area contributed by atoms with E-state index in [9.17, 15) is 0 Å². The third-order valence-corrected chi connectivity index (χ3v) is 9.52. The highest BCUT2D eigenvalue weighted by Gasteiger charge is 2.27. The molecule has 6 rings (SSSR count). The number of rotatable bonds is 11. The van der Waals surface area contributed by atoms with Crippen LogP contribution in [0.2, 0.25) is 0 Å². The summed E-state index contributed by atoms with van der Waals surface area (Å²) < 4.78 is 0. The number of guanidine groups is 6. The largest absolute Gasteiger partial charge is 0.370 e. The number of thiophene rings is 3. The van der Waals surface area contributed by atoms with Crippen LogP contribution in [-0.2, 0) is 19.6 Å². The molecule has 0 bridgehead atoms. The van der Waals surface area contributed by atoms with Gasteiger partial charge in [-0.15, -0.1) is 0 Å². The lowest BCUT2D eigenvalue weighted by atomic mass is 10.2. The van der Waals surface area contributed by atoms with E-state index in [1.54, 1.807) is 41.1 Å². The molecule has 0 fully saturated rings. The molecule has 18 heteroatoms. The number of hydrogen-bond acceptors (Lipinski definition) is 14. The number of nitrogens with one attached hydrogen (secondary N) is 5. The summed E-state index contributed by atoms with van der Waals surface area (Å²) >= 11 is 4.97. The second-order valence-corrected chi connectivity index (χ2v) is 13.3. The summed E-state index contributed by atoms with van der Waals surface area (Å²) in [5.41, 5.74) is 16.0. The molecule has 0 aromatic carbocycles. The Labute approximate surface area is 285 Å². The minimum Gasteiger partial charge on any atom is -0.370 e. The molecule has 248 valence electrons. The molecule has 0 saturated carbocycles. The van der Waals surface area contributed by atoms with E-state index in [0.29, 0.717) is 74.9 Å². The minimum absolute atomic E-state index is 0.141. The maximum atomic E-state index is 6.40. The van der Waals surface area contributed by atoms with E-state index in [1.165, 1.54) is 11.1 Å². The summed E-state index contributed by atoms with van der Waals surface area (Å²) in [4.78, 5) is 32.4. The molecule has 3 atom stereocenters. The van der Waals surface area contributed by atoms with E-state index in [-0.39, 0.29) is 12.3 Å². The van der Waals surface area contributed by atoms with E-state index in [1.807, 2.05) is 12.3 Å². The van der Waals surface area contributed by atoms with Crippen molar-refractivity contribution >= 4 is 69.8 Å². The van der Waals surface area contributed by atoms with Crippen molar-refractivity contribution in [2.24, 2.45) is 41.4 Å². The predicted molar refractivity (Wildman–Crippen MR) is 194 cm³/mol. The first-order valence-corrected chi connectivity index (χ1v) is 17.9. The van der Waals surface area contributed by atoms with Crippen LogP contribution in [0.3, 0.4) is 0 Å². The zero-order valence-corrected chi connectivity index (χ0v) is 28.6. The molecule has 9 N–H and O–H groups in total. The van der Waals surface area contributed by atoms with E-state index in [2.05, 4.69) is 101 Å². The molecule has 3 aliphatic rings. The van der Waals surface area contributed by atoms with Gasteiger partial charge in [-0.25, -0.2) is 25.0 Å². The van der Waals surface area contributed by atoms with Crippen LogP contribution in [0.4, 0.5) is 0 Å². The number of nitrogens with two attached hydrogens (primary N) is 2. The van der Waals surface area contributed by atoms with Crippen molar-refractivity contribution in [2.75, 3.05) is 20.1 Å². The maximum absolute atomic E-state index is 6.40. The highest BCUT2D eigenvalue weighted by atomic mass is 32.1. The standard InChI is InChI=1S/C29H39N15S3/c1-18-34-26(32-2)42-28(35-18)44(13-21-6-10-47-17-21)14-23-37-25(31)41-29(39-23)43(12-20-5-9-46-16-20)7-3-22-36-24(30)40-27(38-22)33-11-19-4-8-45-15-19/h4-6,8-10,15-18,22-23H,3,7,11-14H2,1-2H3,(H3,31,37,39,41)(H2,32,34,35,42)(H4,30,33,36,38,40). The highest BCUT2D eigenvalue weighted by Crippen LogP contribution is 2.16. The molecular weight excluding hydrogens is 655 g/mol. The van der Waals surface area contributed by atoms with Crippen LogP contribution in [0.25, 0.3) is 0 Å². The van der Waals surface area contributed by atoms with Crippen molar-refractivity contribution in [3.05, 3.63) is 67.2 Å². The number of hydrogen-bond donors (Lipinski definition) is 7. The average Bonchev–Trinajstić information content (AvgIpc) is 3.86. The molecule has 0 radical (unpaired) electrons. The van der Waals surface area contributed by atoms with Gasteiger partial charge in [-0.05, 0) is 74.1 Å². The van der Waals surface area contributed by atoms with Crippen molar-refractivity contribution in [1.82, 2.24) is 36.4 Å². The maximum Gasteiger partial charge on any atom is 0.203 e. The Morgan fingerprint density at radius 1 is 0.766 bits per heavy atom. The molecule has 3 aromatic heterocycles. The second-order valence-electron chi connectivity index (χ2n) is 11.0. The summed E-state index contributed by atoms with van der Waals surface area (Å²) in [5, 5.41) is 28.7. The monoisotopic (exact) mass is 693 g/mol. The zero-order chi connectivity index (χ0) is 32.6. The van der Waals surface area contributed by atoms with Crippen LogP contribution >= 0.6 is 34.0 Å². The van der Waals surface area contributed by atoms with Crippen molar-refractivity contribution in [1.29, 1.82) is 0 Å². The van der Waals surface area contributed by atoms with Gasteiger partial charge >= 0.3 is 0 Å². The van der Waals surface area contributed by atoms with Gasteiger partial charge in [0.25, 0.3) is 0 Å². The molecule has 6 heterocycles. The molecule has 3 unspecified atom stereocenters. The Kier molecular flexibility index (Phi) is 10.5. The van der Waals surface area contributed by atoms with E-state index < -0.39 is 6.17 Å². The lowest BCUT2D eigenvalue weighted by molar-refractivity contribution is 0.347. The van der Waals surface area contributed by atoms with Crippen LogP contribution in [0.5, 0.6) is 0 Å². The van der Waals surface area contributed by atoms with Crippen LogP contribution in [0.15, 0.2) is 80.4 Å². The van der Waals surface area contributed by atoms with E-state index >= 15 is 0 Å². The van der Waals surface area contributed by atoms with Gasteiger partial charge in [0.1, 0.15) is 12.3 Å². The van der Waals surface area contributed by atoms with E-state index in [4.69, 9.17) is 21.5 Å². The third kappa shape index (κ3) is 8.99. The van der Waals surface area contributed by atoms with Crippen LogP contribution in [0.1, 0.15) is 30.0 Å². The molecule has 0 amide bonds. The second kappa shape index (κ2) is 15.3. The first kappa shape index (κ1) is 32.3. The van der Waals surface area contributed by atoms with Gasteiger partial charge in [0.2, 0.25) is 11.9 Å². The summed E-state index contributed by atoms with van der Waals surface area (Å²) in [5.74, 6) is 3.25. The normalized spacial score (nSPS) is 22.5. The van der Waals surface area contributed by atoms with Crippen LogP contribution < -0.4 is 38.1 Å². The average molecular weight is 694 g/mol. The lowest BCUT2D eigenvalue weighted by Gasteiger charge is -2.34. The summed E-state index contributed by atoms with van der Waals surface area (Å²) in [6, 6.07) is 6.28. The molecule has 0 spiro atoms. The zero-order valence-electron chi connectivity index (χ0n) is 26.1. The van der Waals surface area contributed by atoms with Gasteiger partial charge in [-0.1, -0.05) is 0 Å². The Morgan fingerprint density at radius 3 is 2.11 bits per heavy atom. The number of aliphatic imine (C=N–C) groups is 6. The van der Waals surface area contributed by atoms with Crippen molar-refractivity contribution in [2.45, 2.75) is 51.5 Å². The van der Waals surface area contributed by atoms with Crippen molar-refractivity contribution in [3.8, 4) is 0 Å². The van der Waals surface area contributed by atoms with Gasteiger partial charge in [-0.2, -0.15) is 34.0 Å². The summed E-state index contributed by atoms with van der Waals surface area (Å²) in [6.45, 7) is 4.85. The topological polar surface area (TPSA) is 193 Å². The fraction of sp³-hybridized carbons (Fsp3) is 0.379. The van der Waals surface area contributed by atoms with E-state index in [0.717, 1.165) is 5.56 Å². The third-order valence-electron chi connectivity index (χ3n) is 7.32. The van der Waals surface area contributed by atoms with Gasteiger partial charge in [-0.3, -0.25) is 20.9 Å². The first-order chi connectivity index (χ1) is 22.9. The smallest absolute Gasteiger partial charge is 0.203 e. The molecule has 47 heavy (non-hydrogen) atoms. The fourth-order valence-electron chi connectivity index (χ4n) is 5.11. The molecular formula is C29H39N15S3. The SMILES string of the molecule is CN=C1NC(N(Cc2ccsc2)CC2N=C(N)NC(N(CCC3N=C(N)NC(=NCc4ccsc4)N3)Cc3ccsc3)=N2)=NC(C)N1. The number of nitrogens with zero attached hydrogens (tertiary/aromatic N) is 8. The van der Waals surface area contributed by atoms with Crippen molar-refractivity contribution in [3.63, 3.8) is 0 Å². The summed E-state index contributed by atoms with van der Waals surface area (Å²) in [6.07, 6.45) is -0.247. The van der Waals surface area contributed by atoms with Crippen molar-refractivity contribution < 1.29 is 0 Å². The van der Waals surface area contributed by atoms with Crippen LogP contribution in [0, 0.1) is 0 Å². The fourth-order valence-corrected chi connectivity index (χ4v) is 7.09. The molecule has 0 aliphatic carbocycles. The Balaban J connectivity index is 1.19. The minimum atomic E-state index is -0.479. The lowest BCUT2D eigenvalue weighted by Crippen LogP contribution is -2.57. The van der Waals surface area contributed by atoms with Crippen LogP contribution in [-0.4, -0.2) is 84.2 Å². The summed E-state index contributed by atoms with van der Waals surface area (Å²) in [7, 11) is 1.74. The quantitative estimate of drug-likeness (QED) is 0.156.